The maximum atomic E-state index is 11.3. The molecule has 16 heavy (non-hydrogen) atoms. The second-order valence-corrected chi connectivity index (χ2v) is 3.58. The van der Waals surface area contributed by atoms with Gasteiger partial charge < -0.3 is 11.1 Å². The number of carbonyl (C=O) groups excluding carboxylic acids is 1. The van der Waals surface area contributed by atoms with Crippen LogP contribution < -0.4 is 11.1 Å². The van der Waals surface area contributed by atoms with Gasteiger partial charge in [0.25, 0.3) is 0 Å². The molecule has 0 bridgehead atoms. The number of benzene rings is 1. The van der Waals surface area contributed by atoms with Crippen LogP contribution in [0.2, 0.25) is 0 Å². The van der Waals surface area contributed by atoms with Crippen LogP contribution in [-0.2, 0) is 4.79 Å². The highest BCUT2D eigenvalue weighted by Gasteiger charge is 2.05. The lowest BCUT2D eigenvalue weighted by Gasteiger charge is -2.08. The van der Waals surface area contributed by atoms with Crippen LogP contribution in [-0.4, -0.2) is 17.4 Å². The zero-order chi connectivity index (χ0) is 11.5. The van der Waals surface area contributed by atoms with Crippen LogP contribution in [0.3, 0.4) is 0 Å². The Hall–Kier alpha value is -1.94. The van der Waals surface area contributed by atoms with Crippen molar-refractivity contribution >= 4 is 22.5 Å². The summed E-state index contributed by atoms with van der Waals surface area (Å²) in [6.07, 6.45) is 0. The smallest absolute Gasteiger partial charge is 0.238 e. The fourth-order valence-corrected chi connectivity index (χ4v) is 1.61. The van der Waals surface area contributed by atoms with Crippen molar-refractivity contribution in [1.29, 1.82) is 0 Å². The Balaban J connectivity index is 2.54. The molecule has 0 saturated heterocycles. The van der Waals surface area contributed by atoms with Crippen LogP contribution in [0.5, 0.6) is 0 Å². The molecule has 1 heterocycles. The van der Waals surface area contributed by atoms with E-state index in [2.05, 4.69) is 10.3 Å². The van der Waals surface area contributed by atoms with Crippen molar-refractivity contribution in [2.24, 2.45) is 5.73 Å². The lowest BCUT2D eigenvalue weighted by molar-refractivity contribution is -0.114. The van der Waals surface area contributed by atoms with E-state index in [0.29, 0.717) is 0 Å². The van der Waals surface area contributed by atoms with E-state index in [-0.39, 0.29) is 12.5 Å². The largest absolute Gasteiger partial charge is 0.324 e. The van der Waals surface area contributed by atoms with Crippen LogP contribution in [0.25, 0.3) is 10.9 Å². The molecule has 0 aliphatic carbocycles. The van der Waals surface area contributed by atoms with Gasteiger partial charge >= 0.3 is 0 Å². The number of carbonyl (C=O) groups is 1. The lowest BCUT2D eigenvalue weighted by atomic mass is 10.1. The first kappa shape index (κ1) is 10.6. The fourth-order valence-electron chi connectivity index (χ4n) is 1.61. The third-order valence-corrected chi connectivity index (χ3v) is 2.30. The number of amides is 1. The molecule has 0 radical (unpaired) electrons. The van der Waals surface area contributed by atoms with Crippen LogP contribution in [0.1, 0.15) is 5.69 Å². The van der Waals surface area contributed by atoms with Gasteiger partial charge in [0.2, 0.25) is 5.91 Å². The summed E-state index contributed by atoms with van der Waals surface area (Å²) < 4.78 is 0. The second kappa shape index (κ2) is 4.28. The fraction of sp³-hybridized carbons (Fsp3) is 0.167. The molecule has 3 N–H and O–H groups in total. The Morgan fingerprint density at radius 1 is 1.44 bits per heavy atom. The Labute approximate surface area is 93.5 Å². The van der Waals surface area contributed by atoms with E-state index in [0.717, 1.165) is 22.3 Å². The number of fused-ring (bicyclic) bond motifs is 1. The van der Waals surface area contributed by atoms with Gasteiger partial charge in [0.1, 0.15) is 0 Å². The molecule has 82 valence electrons. The highest BCUT2D eigenvalue weighted by atomic mass is 16.1. The van der Waals surface area contributed by atoms with E-state index in [1.54, 1.807) is 0 Å². The Morgan fingerprint density at radius 2 is 2.19 bits per heavy atom. The van der Waals surface area contributed by atoms with Gasteiger partial charge in [0, 0.05) is 11.1 Å². The maximum absolute atomic E-state index is 11.3. The summed E-state index contributed by atoms with van der Waals surface area (Å²) in [5.74, 6) is -0.198. The first-order chi connectivity index (χ1) is 7.70. The van der Waals surface area contributed by atoms with Gasteiger partial charge in [-0.3, -0.25) is 9.78 Å². The van der Waals surface area contributed by atoms with Crippen LogP contribution in [0, 0.1) is 6.92 Å². The number of aryl methyl sites for hydroxylation is 1. The standard InChI is InChI=1S/C12H13N3O/c1-8-6-11(15-12(16)7-13)9-4-2-3-5-10(9)14-8/h2-6H,7,13H2,1H3,(H,14,15,16). The molecule has 1 aromatic carbocycles. The molecule has 0 fully saturated rings. The van der Waals surface area contributed by atoms with Crippen molar-refractivity contribution in [2.45, 2.75) is 6.92 Å². The molecule has 0 atom stereocenters. The summed E-state index contributed by atoms with van der Waals surface area (Å²) in [6, 6.07) is 9.52. The molecule has 0 unspecified atom stereocenters. The molecule has 0 aliphatic heterocycles. The monoisotopic (exact) mass is 215 g/mol. The Morgan fingerprint density at radius 3 is 2.94 bits per heavy atom. The number of nitrogens with two attached hydrogens (primary N) is 1. The van der Waals surface area contributed by atoms with Gasteiger partial charge in [0.15, 0.2) is 0 Å². The second-order valence-electron chi connectivity index (χ2n) is 3.58. The third kappa shape index (κ3) is 2.01. The van der Waals surface area contributed by atoms with Crippen molar-refractivity contribution in [1.82, 2.24) is 4.98 Å². The molecule has 2 aromatic rings. The predicted molar refractivity (Wildman–Crippen MR) is 64.2 cm³/mol. The average Bonchev–Trinajstić information content (AvgIpc) is 2.28. The highest BCUT2D eigenvalue weighted by Crippen LogP contribution is 2.22. The number of nitrogens with one attached hydrogen (secondary N) is 1. The molecule has 4 nitrogen and oxygen atoms in total. The first-order valence-corrected chi connectivity index (χ1v) is 5.07. The van der Waals surface area contributed by atoms with Crippen LogP contribution >= 0.6 is 0 Å². The van der Waals surface area contributed by atoms with Crippen molar-refractivity contribution in [3.8, 4) is 0 Å². The summed E-state index contributed by atoms with van der Waals surface area (Å²) in [4.78, 5) is 15.7. The minimum Gasteiger partial charge on any atom is -0.324 e. The molecule has 1 aromatic heterocycles. The molecule has 0 spiro atoms. The number of hydrogen-bond donors (Lipinski definition) is 2. The van der Waals surface area contributed by atoms with Crippen LogP contribution in [0.15, 0.2) is 30.3 Å². The summed E-state index contributed by atoms with van der Waals surface area (Å²) in [6.45, 7) is 1.88. The molecule has 0 aliphatic rings. The molecular formula is C12H13N3O. The first-order valence-electron chi connectivity index (χ1n) is 5.07. The van der Waals surface area contributed by atoms with Crippen LogP contribution in [0.4, 0.5) is 5.69 Å². The zero-order valence-electron chi connectivity index (χ0n) is 9.03. The number of anilines is 1. The SMILES string of the molecule is Cc1cc(NC(=O)CN)c2ccccc2n1. The number of hydrogen-bond acceptors (Lipinski definition) is 3. The molecule has 4 heteroatoms. The Bertz CT molecular complexity index is 537. The van der Waals surface area contributed by atoms with Crippen molar-refractivity contribution in [2.75, 3.05) is 11.9 Å². The van der Waals surface area contributed by atoms with Gasteiger partial charge in [-0.25, -0.2) is 0 Å². The quantitative estimate of drug-likeness (QED) is 0.796. The van der Waals surface area contributed by atoms with E-state index in [1.807, 2.05) is 37.3 Å². The minimum atomic E-state index is -0.198. The third-order valence-electron chi connectivity index (χ3n) is 2.30. The number of para-hydroxylation sites is 1. The zero-order valence-corrected chi connectivity index (χ0v) is 9.03. The van der Waals surface area contributed by atoms with Gasteiger partial charge in [0.05, 0.1) is 17.7 Å². The topological polar surface area (TPSA) is 68.0 Å². The van der Waals surface area contributed by atoms with Crippen molar-refractivity contribution in [3.05, 3.63) is 36.0 Å². The van der Waals surface area contributed by atoms with Crippen molar-refractivity contribution in [3.63, 3.8) is 0 Å². The molecular weight excluding hydrogens is 202 g/mol. The highest BCUT2D eigenvalue weighted by molar-refractivity contribution is 6.01. The summed E-state index contributed by atoms with van der Waals surface area (Å²) in [7, 11) is 0. The Kier molecular flexibility index (Phi) is 2.83. The van der Waals surface area contributed by atoms with E-state index in [9.17, 15) is 4.79 Å². The van der Waals surface area contributed by atoms with Gasteiger partial charge in [-0.15, -0.1) is 0 Å². The maximum Gasteiger partial charge on any atom is 0.238 e. The predicted octanol–water partition coefficient (Wildman–Crippen LogP) is 1.44. The lowest BCUT2D eigenvalue weighted by Crippen LogP contribution is -2.22. The summed E-state index contributed by atoms with van der Waals surface area (Å²) in [5.41, 5.74) is 7.77. The van der Waals surface area contributed by atoms with E-state index < -0.39 is 0 Å². The molecule has 2 rings (SSSR count). The summed E-state index contributed by atoms with van der Waals surface area (Å²) in [5, 5.41) is 3.70. The minimum absolute atomic E-state index is 0.0182. The van der Waals surface area contributed by atoms with E-state index in [4.69, 9.17) is 5.73 Å². The average molecular weight is 215 g/mol. The van der Waals surface area contributed by atoms with E-state index in [1.165, 1.54) is 0 Å². The summed E-state index contributed by atoms with van der Waals surface area (Å²) >= 11 is 0. The number of aromatic nitrogens is 1. The number of pyridine rings is 1. The molecule has 1 amide bonds. The van der Waals surface area contributed by atoms with Gasteiger partial charge in [-0.1, -0.05) is 18.2 Å². The number of nitrogens with zero attached hydrogens (tertiary/aromatic N) is 1. The van der Waals surface area contributed by atoms with Gasteiger partial charge in [-0.2, -0.15) is 0 Å². The van der Waals surface area contributed by atoms with E-state index >= 15 is 0 Å². The van der Waals surface area contributed by atoms with Gasteiger partial charge in [-0.05, 0) is 19.1 Å². The normalized spacial score (nSPS) is 10.4. The number of rotatable bonds is 2. The van der Waals surface area contributed by atoms with Crippen molar-refractivity contribution < 1.29 is 4.79 Å². The molecule has 0 saturated carbocycles.